The van der Waals surface area contributed by atoms with Crippen molar-refractivity contribution >= 4 is 23.1 Å². The molecule has 0 bridgehead atoms. The number of nitriles is 1. The van der Waals surface area contributed by atoms with E-state index in [1.807, 2.05) is 11.0 Å². The fourth-order valence-electron chi connectivity index (χ4n) is 2.52. The van der Waals surface area contributed by atoms with Crippen molar-refractivity contribution in [3.63, 3.8) is 0 Å². The van der Waals surface area contributed by atoms with Gasteiger partial charge in [0.15, 0.2) is 5.78 Å². The Kier molecular flexibility index (Phi) is 5.35. The van der Waals surface area contributed by atoms with E-state index >= 15 is 0 Å². The molecule has 1 saturated heterocycles. The average Bonchev–Trinajstić information content (AvgIpc) is 2.54. The van der Waals surface area contributed by atoms with E-state index in [1.165, 1.54) is 12.1 Å². The lowest BCUT2D eigenvalue weighted by Gasteiger charge is -2.32. The summed E-state index contributed by atoms with van der Waals surface area (Å²) >= 11 is 5.61. The van der Waals surface area contributed by atoms with Gasteiger partial charge in [-0.15, -0.1) is 11.6 Å². The molecule has 1 aliphatic rings. The first kappa shape index (κ1) is 15.5. The Hall–Kier alpha value is -1.86. The maximum Gasteiger partial charge on any atom is 0.190 e. The summed E-state index contributed by atoms with van der Waals surface area (Å²) in [6.45, 7) is 1.57. The van der Waals surface area contributed by atoms with Gasteiger partial charge < -0.3 is 4.90 Å². The van der Waals surface area contributed by atoms with Gasteiger partial charge in [-0.05, 0) is 49.1 Å². The fraction of sp³-hybridized carbons (Fsp3) is 0.375. The molecular weight excluding hydrogens is 291 g/mol. The molecule has 1 aromatic carbocycles. The van der Waals surface area contributed by atoms with Crippen LogP contribution in [0.2, 0.25) is 0 Å². The zero-order valence-corrected chi connectivity index (χ0v) is 12.4. The number of nitrogens with zero attached hydrogens (tertiary/aromatic N) is 2. The number of Topliss-reactive ketones (excluding diaryl/α,β-unsaturated/α-hetero) is 1. The highest BCUT2D eigenvalue weighted by Gasteiger charge is 2.22. The Balaban J connectivity index is 2.52. The zero-order chi connectivity index (χ0) is 15.2. The van der Waals surface area contributed by atoms with E-state index in [0.717, 1.165) is 32.4 Å². The van der Waals surface area contributed by atoms with E-state index in [2.05, 4.69) is 0 Å². The lowest BCUT2D eigenvalue weighted by atomic mass is 10.0. The molecule has 1 heterocycles. The van der Waals surface area contributed by atoms with E-state index in [9.17, 15) is 14.4 Å². The predicted octanol–water partition coefficient (Wildman–Crippen LogP) is 3.35. The SMILES string of the molecule is N#CC(C(=O)CCl)=C(c1ccc(F)cc1)N1CCCCC1. The number of rotatable bonds is 4. The smallest absolute Gasteiger partial charge is 0.190 e. The second-order valence-electron chi connectivity index (χ2n) is 4.95. The van der Waals surface area contributed by atoms with E-state index < -0.39 is 5.78 Å². The maximum absolute atomic E-state index is 13.1. The third kappa shape index (κ3) is 3.62. The van der Waals surface area contributed by atoms with Crippen LogP contribution in [-0.4, -0.2) is 29.7 Å². The van der Waals surface area contributed by atoms with Crippen LogP contribution < -0.4 is 0 Å². The minimum absolute atomic E-state index is 0.0542. The monoisotopic (exact) mass is 306 g/mol. The van der Waals surface area contributed by atoms with Crippen LogP contribution in [0.5, 0.6) is 0 Å². The van der Waals surface area contributed by atoms with Crippen LogP contribution in [0.3, 0.4) is 0 Å². The van der Waals surface area contributed by atoms with Crippen LogP contribution in [0.1, 0.15) is 24.8 Å². The van der Waals surface area contributed by atoms with Crippen molar-refractivity contribution in [3.8, 4) is 6.07 Å². The van der Waals surface area contributed by atoms with Gasteiger partial charge in [-0.1, -0.05) is 0 Å². The molecule has 0 N–H and O–H groups in total. The molecule has 21 heavy (non-hydrogen) atoms. The molecule has 0 amide bonds. The molecular formula is C16H16ClFN2O. The molecule has 1 aromatic rings. The summed E-state index contributed by atoms with van der Waals surface area (Å²) in [6, 6.07) is 7.83. The highest BCUT2D eigenvalue weighted by molar-refractivity contribution is 6.32. The van der Waals surface area contributed by atoms with Gasteiger partial charge in [0.2, 0.25) is 0 Å². The van der Waals surface area contributed by atoms with Gasteiger partial charge in [0, 0.05) is 13.1 Å². The minimum atomic E-state index is -0.399. The molecule has 0 spiro atoms. The van der Waals surface area contributed by atoms with Crippen molar-refractivity contribution in [2.45, 2.75) is 19.3 Å². The number of benzene rings is 1. The van der Waals surface area contributed by atoms with Crippen LogP contribution in [0, 0.1) is 17.1 Å². The molecule has 0 atom stereocenters. The minimum Gasteiger partial charge on any atom is -0.370 e. The van der Waals surface area contributed by atoms with Crippen molar-refractivity contribution in [2.24, 2.45) is 0 Å². The first-order valence-corrected chi connectivity index (χ1v) is 7.45. The lowest BCUT2D eigenvalue weighted by molar-refractivity contribution is -0.113. The molecule has 0 saturated carbocycles. The maximum atomic E-state index is 13.1. The molecule has 0 radical (unpaired) electrons. The quantitative estimate of drug-likeness (QED) is 0.487. The van der Waals surface area contributed by atoms with Crippen molar-refractivity contribution < 1.29 is 9.18 Å². The van der Waals surface area contributed by atoms with Crippen LogP contribution >= 0.6 is 11.6 Å². The number of hydrogen-bond acceptors (Lipinski definition) is 3. The topological polar surface area (TPSA) is 44.1 Å². The van der Waals surface area contributed by atoms with E-state index in [4.69, 9.17) is 11.6 Å². The first-order chi connectivity index (χ1) is 10.2. The number of likely N-dealkylation sites (tertiary alicyclic amines) is 1. The summed E-state index contributed by atoms with van der Waals surface area (Å²) in [7, 11) is 0. The Morgan fingerprint density at radius 3 is 2.38 bits per heavy atom. The second kappa shape index (κ2) is 7.24. The number of ketones is 1. The van der Waals surface area contributed by atoms with E-state index in [1.54, 1.807) is 12.1 Å². The van der Waals surface area contributed by atoms with Gasteiger partial charge in [0.1, 0.15) is 17.5 Å². The Labute approximate surface area is 128 Å². The Bertz CT molecular complexity index is 583. The number of alkyl halides is 1. The van der Waals surface area contributed by atoms with Crippen molar-refractivity contribution in [2.75, 3.05) is 19.0 Å². The molecule has 0 aromatic heterocycles. The third-order valence-corrected chi connectivity index (χ3v) is 3.78. The normalized spacial score (nSPS) is 16.1. The second-order valence-corrected chi connectivity index (χ2v) is 5.21. The average molecular weight is 307 g/mol. The standard InChI is InChI=1S/C16H16ClFN2O/c17-10-15(21)14(11-19)16(20-8-2-1-3-9-20)12-4-6-13(18)7-5-12/h4-7H,1-3,8-10H2. The van der Waals surface area contributed by atoms with Gasteiger partial charge in [-0.25, -0.2) is 4.39 Å². The van der Waals surface area contributed by atoms with Gasteiger partial charge in [0.05, 0.1) is 11.6 Å². The number of allylic oxidation sites excluding steroid dienone is 1. The van der Waals surface area contributed by atoms with E-state index in [0.29, 0.717) is 11.3 Å². The number of carbonyl (C=O) groups is 1. The Morgan fingerprint density at radius 1 is 1.24 bits per heavy atom. The molecule has 0 unspecified atom stereocenters. The summed E-state index contributed by atoms with van der Waals surface area (Å²) < 4.78 is 13.1. The molecule has 5 heteroatoms. The summed E-state index contributed by atoms with van der Waals surface area (Å²) in [5.41, 5.74) is 1.30. The highest BCUT2D eigenvalue weighted by Crippen LogP contribution is 2.27. The summed E-state index contributed by atoms with van der Waals surface area (Å²) in [6.07, 6.45) is 3.16. The number of carbonyl (C=O) groups excluding carboxylic acids is 1. The zero-order valence-electron chi connectivity index (χ0n) is 11.6. The van der Waals surface area contributed by atoms with Crippen molar-refractivity contribution in [3.05, 3.63) is 41.2 Å². The summed E-state index contributed by atoms with van der Waals surface area (Å²) in [5.74, 6) is -0.982. The molecule has 1 aliphatic heterocycles. The Morgan fingerprint density at radius 2 is 1.86 bits per heavy atom. The van der Waals surface area contributed by atoms with Crippen LogP contribution in [0.4, 0.5) is 4.39 Å². The van der Waals surface area contributed by atoms with Crippen molar-refractivity contribution in [1.29, 1.82) is 5.26 Å². The summed E-state index contributed by atoms with van der Waals surface area (Å²) in [4.78, 5) is 14.0. The lowest BCUT2D eigenvalue weighted by Crippen LogP contribution is -2.30. The molecule has 110 valence electrons. The molecule has 3 nitrogen and oxygen atoms in total. The van der Waals surface area contributed by atoms with E-state index in [-0.39, 0.29) is 17.3 Å². The third-order valence-electron chi connectivity index (χ3n) is 3.54. The van der Waals surface area contributed by atoms with Crippen molar-refractivity contribution in [1.82, 2.24) is 4.90 Å². The largest absolute Gasteiger partial charge is 0.370 e. The molecule has 2 rings (SSSR count). The molecule has 0 aliphatic carbocycles. The fourth-order valence-corrected chi connectivity index (χ4v) is 2.66. The molecule has 1 fully saturated rings. The van der Waals surface area contributed by atoms with Crippen LogP contribution in [0.15, 0.2) is 29.8 Å². The van der Waals surface area contributed by atoms with Gasteiger partial charge >= 0.3 is 0 Å². The van der Waals surface area contributed by atoms with Crippen LogP contribution in [-0.2, 0) is 4.79 Å². The van der Waals surface area contributed by atoms with Crippen LogP contribution in [0.25, 0.3) is 5.70 Å². The van der Waals surface area contributed by atoms with Gasteiger partial charge in [-0.3, -0.25) is 4.79 Å². The van der Waals surface area contributed by atoms with Gasteiger partial charge in [0.25, 0.3) is 0 Å². The first-order valence-electron chi connectivity index (χ1n) is 6.91. The number of hydrogen-bond donors (Lipinski definition) is 0. The number of halogens is 2. The summed E-state index contributed by atoms with van der Waals surface area (Å²) in [5, 5.41) is 9.36. The number of piperidine rings is 1. The highest BCUT2D eigenvalue weighted by atomic mass is 35.5. The predicted molar refractivity (Wildman–Crippen MR) is 80.1 cm³/mol. The van der Waals surface area contributed by atoms with Gasteiger partial charge in [-0.2, -0.15) is 5.26 Å².